The fourth-order valence-corrected chi connectivity index (χ4v) is 3.39. The average Bonchev–Trinajstić information content (AvgIpc) is 3.02. The number of nitrogens with one attached hydrogen (secondary N) is 1. The van der Waals surface area contributed by atoms with E-state index >= 15 is 0 Å². The molecule has 0 bridgehead atoms. The van der Waals surface area contributed by atoms with Crippen LogP contribution in [-0.4, -0.2) is 25.1 Å². The van der Waals surface area contributed by atoms with Gasteiger partial charge in [-0.3, -0.25) is 4.79 Å². The molecule has 7 nitrogen and oxygen atoms in total. The maximum absolute atomic E-state index is 12.5. The van der Waals surface area contributed by atoms with Crippen molar-refractivity contribution in [2.24, 2.45) is 0 Å². The Morgan fingerprint density at radius 3 is 2.65 bits per heavy atom. The molecule has 1 aromatic carbocycles. The molecule has 0 radical (unpaired) electrons. The molecule has 136 valence electrons. The van der Waals surface area contributed by atoms with Gasteiger partial charge in [-0.25, -0.2) is 9.78 Å². The molecular weight excluding hydrogens is 356 g/mol. The lowest BCUT2D eigenvalue weighted by molar-refractivity contribution is -0.115. The first-order valence-corrected chi connectivity index (χ1v) is 8.65. The number of aromatic nitrogens is 1. The number of carbonyl (C=O) groups is 1. The van der Waals surface area contributed by atoms with Crippen molar-refractivity contribution in [3.63, 3.8) is 0 Å². The van der Waals surface area contributed by atoms with E-state index in [0.29, 0.717) is 38.7 Å². The Labute approximate surface area is 153 Å². The summed E-state index contributed by atoms with van der Waals surface area (Å²) in [7, 11) is 2.98. The molecule has 0 saturated carbocycles. The molecule has 3 rings (SSSR count). The third kappa shape index (κ3) is 3.28. The van der Waals surface area contributed by atoms with Crippen molar-refractivity contribution < 1.29 is 18.7 Å². The first-order chi connectivity index (χ1) is 12.4. The third-order valence-electron chi connectivity index (χ3n) is 4.00. The highest BCUT2D eigenvalue weighted by molar-refractivity contribution is 7.15. The van der Waals surface area contributed by atoms with Crippen molar-refractivity contribution in [3.8, 4) is 11.5 Å². The Bertz CT molecular complexity index is 1040. The van der Waals surface area contributed by atoms with Crippen LogP contribution in [0.25, 0.3) is 11.0 Å². The van der Waals surface area contributed by atoms with Gasteiger partial charge in [-0.05, 0) is 31.5 Å². The van der Waals surface area contributed by atoms with Gasteiger partial charge in [0.25, 0.3) is 0 Å². The second kappa shape index (κ2) is 7.17. The lowest BCUT2D eigenvalue weighted by atomic mass is 10.0. The molecular formula is C18H18N2O5S. The SMILES string of the molecule is COc1ccc2c(C)c(CC(=O)Nc3ncc(C)s3)c(=O)oc2c1OC. The number of amides is 1. The highest BCUT2D eigenvalue weighted by Gasteiger charge is 2.19. The highest BCUT2D eigenvalue weighted by atomic mass is 32.1. The largest absolute Gasteiger partial charge is 0.493 e. The van der Waals surface area contributed by atoms with E-state index in [4.69, 9.17) is 13.9 Å². The van der Waals surface area contributed by atoms with Crippen molar-refractivity contribution in [1.29, 1.82) is 0 Å². The van der Waals surface area contributed by atoms with E-state index in [1.54, 1.807) is 25.3 Å². The van der Waals surface area contributed by atoms with Gasteiger partial charge in [0.1, 0.15) is 0 Å². The van der Waals surface area contributed by atoms with E-state index in [-0.39, 0.29) is 12.3 Å². The van der Waals surface area contributed by atoms with Crippen LogP contribution in [0.5, 0.6) is 11.5 Å². The van der Waals surface area contributed by atoms with Crippen LogP contribution < -0.4 is 20.4 Å². The van der Waals surface area contributed by atoms with E-state index in [1.165, 1.54) is 25.6 Å². The molecule has 26 heavy (non-hydrogen) atoms. The molecule has 0 fully saturated rings. The number of hydrogen-bond donors (Lipinski definition) is 1. The lowest BCUT2D eigenvalue weighted by Gasteiger charge is -2.12. The Morgan fingerprint density at radius 1 is 1.27 bits per heavy atom. The molecule has 0 aliphatic heterocycles. The molecule has 8 heteroatoms. The number of ether oxygens (including phenoxy) is 2. The molecule has 0 atom stereocenters. The number of fused-ring (bicyclic) bond motifs is 1. The average molecular weight is 374 g/mol. The van der Waals surface area contributed by atoms with Crippen molar-refractivity contribution in [2.75, 3.05) is 19.5 Å². The van der Waals surface area contributed by atoms with Crippen LogP contribution >= 0.6 is 11.3 Å². The first-order valence-electron chi connectivity index (χ1n) is 7.84. The lowest BCUT2D eigenvalue weighted by Crippen LogP contribution is -2.20. The molecule has 0 saturated heterocycles. The number of thiazole rings is 1. The molecule has 1 amide bonds. The minimum atomic E-state index is -0.577. The number of aryl methyl sites for hydroxylation is 2. The van der Waals surface area contributed by atoms with Crippen LogP contribution in [0, 0.1) is 13.8 Å². The van der Waals surface area contributed by atoms with Gasteiger partial charge in [0.05, 0.1) is 26.2 Å². The second-order valence-corrected chi connectivity index (χ2v) is 6.91. The summed E-state index contributed by atoms with van der Waals surface area (Å²) in [5.41, 5.74) is 0.694. The highest BCUT2D eigenvalue weighted by Crippen LogP contribution is 2.36. The topological polar surface area (TPSA) is 90.7 Å². The molecule has 0 unspecified atom stereocenters. The van der Waals surface area contributed by atoms with Crippen LogP contribution in [0.15, 0.2) is 27.5 Å². The summed E-state index contributed by atoms with van der Waals surface area (Å²) in [5.74, 6) is 0.487. The number of methoxy groups -OCH3 is 2. The molecule has 2 heterocycles. The van der Waals surface area contributed by atoms with Crippen LogP contribution in [0.2, 0.25) is 0 Å². The molecule has 2 aromatic heterocycles. The summed E-state index contributed by atoms with van der Waals surface area (Å²) in [6, 6.07) is 3.51. The maximum Gasteiger partial charge on any atom is 0.340 e. The van der Waals surface area contributed by atoms with Crippen LogP contribution in [0.3, 0.4) is 0 Å². The Hall–Kier alpha value is -2.87. The molecule has 0 aliphatic carbocycles. The van der Waals surface area contributed by atoms with E-state index in [1.807, 2.05) is 6.92 Å². The summed E-state index contributed by atoms with van der Waals surface area (Å²) in [5, 5.41) is 3.89. The third-order valence-corrected chi connectivity index (χ3v) is 4.83. The molecule has 3 aromatic rings. The van der Waals surface area contributed by atoms with Gasteiger partial charge < -0.3 is 19.2 Å². The van der Waals surface area contributed by atoms with Gasteiger partial charge in [-0.1, -0.05) is 0 Å². The molecule has 1 N–H and O–H groups in total. The van der Waals surface area contributed by atoms with Crippen molar-refractivity contribution >= 4 is 33.3 Å². The Balaban J connectivity index is 1.99. The number of rotatable bonds is 5. The zero-order chi connectivity index (χ0) is 18.8. The fraction of sp³-hybridized carbons (Fsp3) is 0.278. The maximum atomic E-state index is 12.5. The zero-order valence-electron chi connectivity index (χ0n) is 14.8. The minimum Gasteiger partial charge on any atom is -0.493 e. The normalized spacial score (nSPS) is 10.8. The Kier molecular flexibility index (Phi) is 4.94. The first kappa shape index (κ1) is 17.9. The number of carbonyl (C=O) groups excluding carboxylic acids is 1. The van der Waals surface area contributed by atoms with Gasteiger partial charge in [-0.2, -0.15) is 0 Å². The van der Waals surface area contributed by atoms with Crippen molar-refractivity contribution in [2.45, 2.75) is 20.3 Å². The van der Waals surface area contributed by atoms with Crippen LogP contribution in [-0.2, 0) is 11.2 Å². The molecule has 0 aliphatic rings. The van der Waals surface area contributed by atoms with E-state index in [9.17, 15) is 9.59 Å². The zero-order valence-corrected chi connectivity index (χ0v) is 15.7. The van der Waals surface area contributed by atoms with Gasteiger partial charge in [0.2, 0.25) is 11.7 Å². The molecule has 0 spiro atoms. The number of hydrogen-bond acceptors (Lipinski definition) is 7. The summed E-state index contributed by atoms with van der Waals surface area (Å²) in [6.07, 6.45) is 1.58. The number of nitrogens with zero attached hydrogens (tertiary/aromatic N) is 1. The minimum absolute atomic E-state index is 0.100. The summed E-state index contributed by atoms with van der Waals surface area (Å²) in [4.78, 5) is 29.8. The monoisotopic (exact) mass is 374 g/mol. The predicted molar refractivity (Wildman–Crippen MR) is 99.5 cm³/mol. The number of anilines is 1. The fourth-order valence-electron chi connectivity index (χ4n) is 2.71. The van der Waals surface area contributed by atoms with Crippen LogP contribution in [0.1, 0.15) is 16.0 Å². The second-order valence-electron chi connectivity index (χ2n) is 5.67. The van der Waals surface area contributed by atoms with Crippen molar-refractivity contribution in [3.05, 3.63) is 44.8 Å². The van der Waals surface area contributed by atoms with Gasteiger partial charge in [0, 0.05) is 16.5 Å². The quantitative estimate of drug-likeness (QED) is 0.690. The smallest absolute Gasteiger partial charge is 0.340 e. The van der Waals surface area contributed by atoms with Gasteiger partial charge >= 0.3 is 5.63 Å². The van der Waals surface area contributed by atoms with Gasteiger partial charge in [-0.15, -0.1) is 11.3 Å². The summed E-state index contributed by atoms with van der Waals surface area (Å²) < 4.78 is 16.0. The van der Waals surface area contributed by atoms with Crippen LogP contribution in [0.4, 0.5) is 5.13 Å². The van der Waals surface area contributed by atoms with E-state index in [0.717, 1.165) is 4.88 Å². The van der Waals surface area contributed by atoms with Crippen molar-refractivity contribution in [1.82, 2.24) is 4.98 Å². The van der Waals surface area contributed by atoms with E-state index in [2.05, 4.69) is 10.3 Å². The number of benzene rings is 1. The Morgan fingerprint density at radius 2 is 2.04 bits per heavy atom. The predicted octanol–water partition coefficient (Wildman–Crippen LogP) is 3.06. The van der Waals surface area contributed by atoms with Gasteiger partial charge in [0.15, 0.2) is 16.5 Å². The standard InChI is InChI=1S/C18H18N2O5S/c1-9-8-19-18(26-9)20-14(21)7-12-10(2)11-5-6-13(23-3)16(24-4)15(11)25-17(12)22/h5-6,8H,7H2,1-4H3,(H,19,20,21). The van der Waals surface area contributed by atoms with E-state index < -0.39 is 5.63 Å². The summed E-state index contributed by atoms with van der Waals surface area (Å²) in [6.45, 7) is 3.68. The summed E-state index contributed by atoms with van der Waals surface area (Å²) >= 11 is 1.37.